The Bertz CT molecular complexity index is 758. The molecule has 2 aromatic carbocycles. The molecule has 0 radical (unpaired) electrons. The van der Waals surface area contributed by atoms with Crippen molar-refractivity contribution in [3.8, 4) is 0 Å². The van der Waals surface area contributed by atoms with Gasteiger partial charge in [-0.1, -0.05) is 23.8 Å². The summed E-state index contributed by atoms with van der Waals surface area (Å²) in [4.78, 5) is 26.7. The number of nitrogens with zero attached hydrogens (tertiary/aromatic N) is 1. The van der Waals surface area contributed by atoms with Gasteiger partial charge in [-0.25, -0.2) is 4.39 Å². The van der Waals surface area contributed by atoms with Crippen molar-refractivity contribution in [2.75, 3.05) is 11.9 Å². The van der Waals surface area contributed by atoms with E-state index in [2.05, 4.69) is 5.32 Å². The van der Waals surface area contributed by atoms with Crippen LogP contribution in [-0.4, -0.2) is 29.3 Å². The fourth-order valence-electron chi connectivity index (χ4n) is 2.93. The van der Waals surface area contributed by atoms with Gasteiger partial charge in [0.15, 0.2) is 0 Å². The van der Waals surface area contributed by atoms with Gasteiger partial charge in [0, 0.05) is 17.8 Å². The van der Waals surface area contributed by atoms with Crippen LogP contribution in [0.3, 0.4) is 0 Å². The van der Waals surface area contributed by atoms with Crippen molar-refractivity contribution in [2.45, 2.75) is 25.8 Å². The van der Waals surface area contributed by atoms with E-state index in [-0.39, 0.29) is 17.4 Å². The third-order valence-electron chi connectivity index (χ3n) is 4.21. The number of rotatable bonds is 3. The van der Waals surface area contributed by atoms with E-state index in [0.29, 0.717) is 18.7 Å². The number of nitrogens with one attached hydrogen (secondary N) is 1. The van der Waals surface area contributed by atoms with Crippen LogP contribution >= 0.6 is 0 Å². The first-order valence-electron chi connectivity index (χ1n) is 7.98. The standard InChI is InChI=1S/C19H19FN2O2/c1-13-7-9-16(10-8-13)21-18(23)17-6-3-11-22(17)19(24)14-4-2-5-15(20)12-14/h2,4-5,7-10,12,17H,3,6,11H2,1H3,(H,21,23)/t17-/m0/s1. The van der Waals surface area contributed by atoms with Crippen LogP contribution in [0.15, 0.2) is 48.5 Å². The van der Waals surface area contributed by atoms with Gasteiger partial charge in [-0.3, -0.25) is 9.59 Å². The largest absolute Gasteiger partial charge is 0.327 e. The molecule has 3 rings (SSSR count). The minimum atomic E-state index is -0.526. The maximum Gasteiger partial charge on any atom is 0.254 e. The van der Waals surface area contributed by atoms with Crippen molar-refractivity contribution in [3.05, 3.63) is 65.5 Å². The molecular formula is C19H19FN2O2. The quantitative estimate of drug-likeness (QED) is 0.940. The predicted octanol–water partition coefficient (Wildman–Crippen LogP) is 3.38. The Morgan fingerprint density at radius 1 is 1.17 bits per heavy atom. The smallest absolute Gasteiger partial charge is 0.254 e. The fourth-order valence-corrected chi connectivity index (χ4v) is 2.93. The molecule has 1 fully saturated rings. The van der Waals surface area contributed by atoms with Crippen LogP contribution in [0.25, 0.3) is 0 Å². The van der Waals surface area contributed by atoms with Crippen LogP contribution in [0.2, 0.25) is 0 Å². The molecule has 1 aliphatic heterocycles. The first kappa shape index (κ1) is 16.2. The molecule has 0 saturated carbocycles. The highest BCUT2D eigenvalue weighted by Gasteiger charge is 2.34. The molecule has 2 amide bonds. The van der Waals surface area contributed by atoms with Crippen LogP contribution in [0.1, 0.15) is 28.8 Å². The van der Waals surface area contributed by atoms with Crippen LogP contribution < -0.4 is 5.32 Å². The van der Waals surface area contributed by atoms with Crippen molar-refractivity contribution >= 4 is 17.5 Å². The molecule has 0 aliphatic carbocycles. The van der Waals surface area contributed by atoms with E-state index in [9.17, 15) is 14.0 Å². The molecule has 4 nitrogen and oxygen atoms in total. The Hall–Kier alpha value is -2.69. The number of likely N-dealkylation sites (tertiary alicyclic amines) is 1. The summed E-state index contributed by atoms with van der Waals surface area (Å²) in [6.07, 6.45) is 1.37. The van der Waals surface area contributed by atoms with Gasteiger partial charge in [0.2, 0.25) is 5.91 Å². The number of amides is 2. The molecule has 1 saturated heterocycles. The van der Waals surface area contributed by atoms with E-state index in [1.165, 1.54) is 23.1 Å². The number of aryl methyl sites for hydroxylation is 1. The van der Waals surface area contributed by atoms with Gasteiger partial charge in [-0.15, -0.1) is 0 Å². The van der Waals surface area contributed by atoms with Crippen LogP contribution in [0.4, 0.5) is 10.1 Å². The molecule has 124 valence electrons. The average molecular weight is 326 g/mol. The molecular weight excluding hydrogens is 307 g/mol. The van der Waals surface area contributed by atoms with Gasteiger partial charge in [0.25, 0.3) is 5.91 Å². The minimum Gasteiger partial charge on any atom is -0.327 e. The molecule has 0 unspecified atom stereocenters. The third-order valence-corrected chi connectivity index (χ3v) is 4.21. The molecule has 1 atom stereocenters. The van der Waals surface area contributed by atoms with Crippen molar-refractivity contribution < 1.29 is 14.0 Å². The summed E-state index contributed by atoms with van der Waals surface area (Å²) in [6.45, 7) is 2.48. The topological polar surface area (TPSA) is 49.4 Å². The zero-order valence-corrected chi connectivity index (χ0v) is 13.5. The molecule has 1 N–H and O–H groups in total. The van der Waals surface area contributed by atoms with Gasteiger partial charge in [0.1, 0.15) is 11.9 Å². The normalized spacial score (nSPS) is 16.9. The number of hydrogen-bond donors (Lipinski definition) is 1. The van der Waals surface area contributed by atoms with Crippen molar-refractivity contribution in [3.63, 3.8) is 0 Å². The number of hydrogen-bond acceptors (Lipinski definition) is 2. The molecule has 0 spiro atoms. The van der Waals surface area contributed by atoms with Gasteiger partial charge < -0.3 is 10.2 Å². The summed E-state index contributed by atoms with van der Waals surface area (Å²) in [6, 6.07) is 12.5. The van der Waals surface area contributed by atoms with Gasteiger partial charge >= 0.3 is 0 Å². The molecule has 1 heterocycles. The fraction of sp³-hybridized carbons (Fsp3) is 0.263. The Kier molecular flexibility index (Phi) is 4.60. The summed E-state index contributed by atoms with van der Waals surface area (Å²) >= 11 is 0. The Morgan fingerprint density at radius 2 is 1.92 bits per heavy atom. The average Bonchev–Trinajstić information content (AvgIpc) is 3.06. The van der Waals surface area contributed by atoms with E-state index in [4.69, 9.17) is 0 Å². The van der Waals surface area contributed by atoms with E-state index >= 15 is 0 Å². The number of carbonyl (C=O) groups is 2. The highest BCUT2D eigenvalue weighted by molar-refractivity contribution is 6.01. The molecule has 5 heteroatoms. The summed E-state index contributed by atoms with van der Waals surface area (Å²) in [5.74, 6) is -0.974. The van der Waals surface area contributed by atoms with Gasteiger partial charge in [-0.2, -0.15) is 0 Å². The van der Waals surface area contributed by atoms with Crippen LogP contribution in [0.5, 0.6) is 0 Å². The monoisotopic (exact) mass is 326 g/mol. The van der Waals surface area contributed by atoms with E-state index in [1.807, 2.05) is 31.2 Å². The van der Waals surface area contributed by atoms with E-state index in [1.54, 1.807) is 6.07 Å². The van der Waals surface area contributed by atoms with E-state index in [0.717, 1.165) is 12.0 Å². The maximum atomic E-state index is 13.3. The Labute approximate surface area is 140 Å². The van der Waals surface area contributed by atoms with Crippen LogP contribution in [-0.2, 0) is 4.79 Å². The number of anilines is 1. The van der Waals surface area contributed by atoms with Gasteiger partial charge in [0.05, 0.1) is 0 Å². The first-order valence-corrected chi connectivity index (χ1v) is 7.98. The van der Waals surface area contributed by atoms with Gasteiger partial charge in [-0.05, 0) is 50.1 Å². The molecule has 0 bridgehead atoms. The number of halogens is 1. The third kappa shape index (κ3) is 3.45. The van der Waals surface area contributed by atoms with Crippen molar-refractivity contribution in [1.29, 1.82) is 0 Å². The highest BCUT2D eigenvalue weighted by atomic mass is 19.1. The Balaban J connectivity index is 1.73. The zero-order valence-electron chi connectivity index (χ0n) is 13.5. The molecule has 2 aromatic rings. The summed E-state index contributed by atoms with van der Waals surface area (Å²) in [5.41, 5.74) is 2.08. The second-order valence-corrected chi connectivity index (χ2v) is 6.02. The van der Waals surface area contributed by atoms with Crippen molar-refractivity contribution in [1.82, 2.24) is 4.90 Å². The lowest BCUT2D eigenvalue weighted by Gasteiger charge is -2.24. The second kappa shape index (κ2) is 6.83. The lowest BCUT2D eigenvalue weighted by Crippen LogP contribution is -2.43. The highest BCUT2D eigenvalue weighted by Crippen LogP contribution is 2.22. The first-order chi connectivity index (χ1) is 11.5. The summed E-state index contributed by atoms with van der Waals surface area (Å²) in [5, 5.41) is 2.85. The zero-order chi connectivity index (χ0) is 17.1. The second-order valence-electron chi connectivity index (χ2n) is 6.02. The summed E-state index contributed by atoms with van der Waals surface area (Å²) in [7, 11) is 0. The number of benzene rings is 2. The lowest BCUT2D eigenvalue weighted by molar-refractivity contribution is -0.119. The molecule has 0 aromatic heterocycles. The maximum absolute atomic E-state index is 13.3. The lowest BCUT2D eigenvalue weighted by atomic mass is 10.1. The summed E-state index contributed by atoms with van der Waals surface area (Å²) < 4.78 is 13.3. The van der Waals surface area contributed by atoms with Crippen LogP contribution in [0, 0.1) is 12.7 Å². The SMILES string of the molecule is Cc1ccc(NC(=O)[C@@H]2CCCN2C(=O)c2cccc(F)c2)cc1. The molecule has 1 aliphatic rings. The number of carbonyl (C=O) groups excluding carboxylic acids is 2. The minimum absolute atomic E-state index is 0.207. The molecule has 24 heavy (non-hydrogen) atoms. The van der Waals surface area contributed by atoms with Crippen molar-refractivity contribution in [2.24, 2.45) is 0 Å². The predicted molar refractivity (Wildman–Crippen MR) is 90.3 cm³/mol. The Morgan fingerprint density at radius 3 is 2.62 bits per heavy atom. The van der Waals surface area contributed by atoms with E-state index < -0.39 is 11.9 Å².